The van der Waals surface area contributed by atoms with E-state index in [4.69, 9.17) is 10.2 Å². The molecule has 1 saturated carbocycles. The topological polar surface area (TPSA) is 74.6 Å². The number of fused-ring (bicyclic) bond motifs is 2. The van der Waals surface area contributed by atoms with Gasteiger partial charge in [0.1, 0.15) is 0 Å². The van der Waals surface area contributed by atoms with Crippen LogP contribution < -0.4 is 0 Å². The quantitative estimate of drug-likeness (QED) is 0.687. The Balaban J connectivity index is 2.05. The summed E-state index contributed by atoms with van der Waals surface area (Å²) in [5, 5.41) is 17.7. The Morgan fingerprint density at radius 1 is 1.20 bits per heavy atom. The Bertz CT molecular complexity index is 321. The zero-order chi connectivity index (χ0) is 11.0. The molecule has 4 atom stereocenters. The third-order valence-electron chi connectivity index (χ3n) is 3.60. The molecule has 2 aliphatic rings. The number of carboxylic acids is 2. The number of carboxylic acid groups (broad SMARTS) is 2. The van der Waals surface area contributed by atoms with E-state index in [1.165, 1.54) is 0 Å². The molecule has 0 aromatic carbocycles. The van der Waals surface area contributed by atoms with Gasteiger partial charge in [-0.15, -0.1) is 0 Å². The molecule has 0 radical (unpaired) electrons. The summed E-state index contributed by atoms with van der Waals surface area (Å²) in [6, 6.07) is 0. The van der Waals surface area contributed by atoms with E-state index in [1.54, 1.807) is 0 Å². The molecule has 0 aromatic rings. The average molecular weight is 210 g/mol. The minimum absolute atomic E-state index is 0.0219. The summed E-state index contributed by atoms with van der Waals surface area (Å²) in [5.74, 6) is -1.54. The van der Waals surface area contributed by atoms with E-state index in [-0.39, 0.29) is 30.1 Å². The van der Waals surface area contributed by atoms with Crippen LogP contribution in [0.4, 0.5) is 0 Å². The first-order valence-corrected chi connectivity index (χ1v) is 5.22. The largest absolute Gasteiger partial charge is 0.481 e. The van der Waals surface area contributed by atoms with Gasteiger partial charge in [-0.25, -0.2) is 0 Å². The predicted octanol–water partition coefficient (Wildman–Crippen LogP) is 1.37. The normalized spacial score (nSPS) is 37.1. The second-order valence-corrected chi connectivity index (χ2v) is 4.41. The molecule has 0 saturated heterocycles. The van der Waals surface area contributed by atoms with E-state index in [9.17, 15) is 9.59 Å². The first-order chi connectivity index (χ1) is 7.09. The molecule has 0 aromatic heterocycles. The van der Waals surface area contributed by atoms with Gasteiger partial charge in [-0.3, -0.25) is 9.59 Å². The fraction of sp³-hybridized carbons (Fsp3) is 0.636. The van der Waals surface area contributed by atoms with E-state index in [2.05, 4.69) is 6.08 Å². The van der Waals surface area contributed by atoms with Crippen molar-refractivity contribution in [2.24, 2.45) is 23.7 Å². The highest BCUT2D eigenvalue weighted by molar-refractivity contribution is 5.72. The van der Waals surface area contributed by atoms with Crippen LogP contribution in [0.2, 0.25) is 0 Å². The van der Waals surface area contributed by atoms with Gasteiger partial charge < -0.3 is 10.2 Å². The average Bonchev–Trinajstić information content (AvgIpc) is 2.72. The van der Waals surface area contributed by atoms with Gasteiger partial charge in [-0.05, 0) is 30.6 Å². The molecule has 0 unspecified atom stereocenters. The van der Waals surface area contributed by atoms with Crippen LogP contribution in [0.3, 0.4) is 0 Å². The van der Waals surface area contributed by atoms with Gasteiger partial charge in [-0.1, -0.05) is 12.2 Å². The summed E-state index contributed by atoms with van der Waals surface area (Å²) in [7, 11) is 0. The third kappa shape index (κ3) is 1.76. The molecule has 0 spiro atoms. The Hall–Kier alpha value is -1.32. The van der Waals surface area contributed by atoms with E-state index >= 15 is 0 Å². The number of allylic oxidation sites excluding steroid dienone is 2. The van der Waals surface area contributed by atoms with Crippen LogP contribution in [-0.2, 0) is 9.59 Å². The van der Waals surface area contributed by atoms with Gasteiger partial charge in [0, 0.05) is 6.42 Å². The minimum Gasteiger partial charge on any atom is -0.481 e. The Kier molecular flexibility index (Phi) is 2.50. The van der Waals surface area contributed by atoms with Crippen LogP contribution in [0, 0.1) is 23.7 Å². The number of hydrogen-bond donors (Lipinski definition) is 2. The van der Waals surface area contributed by atoms with Crippen molar-refractivity contribution in [3.05, 3.63) is 12.2 Å². The van der Waals surface area contributed by atoms with Crippen molar-refractivity contribution in [1.82, 2.24) is 0 Å². The van der Waals surface area contributed by atoms with Crippen LogP contribution in [0.25, 0.3) is 0 Å². The van der Waals surface area contributed by atoms with Crippen LogP contribution in [0.15, 0.2) is 12.2 Å². The number of hydrogen-bond acceptors (Lipinski definition) is 2. The number of aliphatic carboxylic acids is 2. The standard InChI is InChI=1S/C11H14O4/c12-9(13)4-3-8-6-1-2-7(5-6)10(8)11(14)15/h1-2,6-8,10H,3-5H2,(H,12,13)(H,14,15)/t6-,7-,8-,10+/m1/s1. The molecular formula is C11H14O4. The van der Waals surface area contributed by atoms with Crippen molar-refractivity contribution in [3.63, 3.8) is 0 Å². The summed E-state index contributed by atoms with van der Waals surface area (Å²) in [4.78, 5) is 21.5. The lowest BCUT2D eigenvalue weighted by Gasteiger charge is -2.23. The molecule has 2 bridgehead atoms. The van der Waals surface area contributed by atoms with Crippen molar-refractivity contribution in [2.45, 2.75) is 19.3 Å². The molecule has 0 aliphatic heterocycles. The monoisotopic (exact) mass is 210 g/mol. The molecule has 2 aliphatic carbocycles. The zero-order valence-electron chi connectivity index (χ0n) is 8.30. The molecule has 4 heteroatoms. The van der Waals surface area contributed by atoms with Crippen LogP contribution in [0.1, 0.15) is 19.3 Å². The molecule has 0 heterocycles. The molecule has 1 fully saturated rings. The maximum Gasteiger partial charge on any atom is 0.307 e. The van der Waals surface area contributed by atoms with Crippen molar-refractivity contribution in [2.75, 3.05) is 0 Å². The lowest BCUT2D eigenvalue weighted by molar-refractivity contribution is -0.145. The Morgan fingerprint density at radius 2 is 1.87 bits per heavy atom. The summed E-state index contributed by atoms with van der Waals surface area (Å²) >= 11 is 0. The van der Waals surface area contributed by atoms with Crippen molar-refractivity contribution in [1.29, 1.82) is 0 Å². The van der Waals surface area contributed by atoms with Gasteiger partial charge in [0.15, 0.2) is 0 Å². The van der Waals surface area contributed by atoms with E-state index in [0.717, 1.165) is 6.42 Å². The highest BCUT2D eigenvalue weighted by atomic mass is 16.4. The maximum absolute atomic E-state index is 11.1. The summed E-state index contributed by atoms with van der Waals surface area (Å²) in [6.07, 6.45) is 5.47. The molecular weight excluding hydrogens is 196 g/mol. The summed E-state index contributed by atoms with van der Waals surface area (Å²) < 4.78 is 0. The van der Waals surface area contributed by atoms with Crippen molar-refractivity contribution < 1.29 is 19.8 Å². The maximum atomic E-state index is 11.1. The Labute approximate surface area is 87.6 Å². The first kappa shape index (κ1) is 10.2. The van der Waals surface area contributed by atoms with Crippen LogP contribution in [0.5, 0.6) is 0 Å². The molecule has 2 N–H and O–H groups in total. The van der Waals surface area contributed by atoms with Crippen LogP contribution >= 0.6 is 0 Å². The second kappa shape index (κ2) is 3.68. The lowest BCUT2D eigenvalue weighted by atomic mass is 9.80. The van der Waals surface area contributed by atoms with Crippen LogP contribution in [-0.4, -0.2) is 22.2 Å². The minimum atomic E-state index is -0.842. The fourth-order valence-electron chi connectivity index (χ4n) is 2.97. The predicted molar refractivity (Wildman–Crippen MR) is 52.2 cm³/mol. The molecule has 15 heavy (non-hydrogen) atoms. The molecule has 82 valence electrons. The zero-order valence-corrected chi connectivity index (χ0v) is 8.30. The lowest BCUT2D eigenvalue weighted by Crippen LogP contribution is -2.27. The number of carbonyl (C=O) groups is 2. The van der Waals surface area contributed by atoms with E-state index in [0.29, 0.717) is 6.42 Å². The highest BCUT2D eigenvalue weighted by Gasteiger charge is 2.47. The fourth-order valence-corrected chi connectivity index (χ4v) is 2.97. The summed E-state index contributed by atoms with van der Waals surface area (Å²) in [5.41, 5.74) is 0. The van der Waals surface area contributed by atoms with Gasteiger partial charge >= 0.3 is 11.9 Å². The van der Waals surface area contributed by atoms with Crippen molar-refractivity contribution in [3.8, 4) is 0 Å². The van der Waals surface area contributed by atoms with E-state index < -0.39 is 11.9 Å². The first-order valence-electron chi connectivity index (χ1n) is 5.22. The Morgan fingerprint density at radius 3 is 2.47 bits per heavy atom. The van der Waals surface area contributed by atoms with Gasteiger partial charge in [0.05, 0.1) is 5.92 Å². The van der Waals surface area contributed by atoms with Gasteiger partial charge in [-0.2, -0.15) is 0 Å². The van der Waals surface area contributed by atoms with Gasteiger partial charge in [0.2, 0.25) is 0 Å². The highest BCUT2D eigenvalue weighted by Crippen LogP contribution is 2.49. The molecule has 0 amide bonds. The van der Waals surface area contributed by atoms with E-state index in [1.807, 2.05) is 6.08 Å². The smallest absolute Gasteiger partial charge is 0.307 e. The second-order valence-electron chi connectivity index (χ2n) is 4.41. The van der Waals surface area contributed by atoms with Gasteiger partial charge in [0.25, 0.3) is 0 Å². The SMILES string of the molecule is O=C(O)CC[C@H]1[C@@H](C(=O)O)[C@@H]2C=C[C@@H]1C2. The number of rotatable bonds is 4. The molecule has 2 rings (SSSR count). The van der Waals surface area contributed by atoms with Crippen molar-refractivity contribution >= 4 is 11.9 Å². The third-order valence-corrected chi connectivity index (χ3v) is 3.60. The summed E-state index contributed by atoms with van der Waals surface area (Å²) in [6.45, 7) is 0. The molecule has 4 nitrogen and oxygen atoms in total.